The number of benzene rings is 2. The summed E-state index contributed by atoms with van der Waals surface area (Å²) in [7, 11) is 0. The SMILES string of the molecule is O=C(O)c1ccc(Nc2ncnc(NNC(=O)c3ccc(Cl)c([N+](=O)[O-])c3)c2[N+](=O)[O-])cc1. The first-order valence-corrected chi connectivity index (χ1v) is 9.15. The van der Waals surface area contributed by atoms with E-state index >= 15 is 0 Å². The van der Waals surface area contributed by atoms with Crippen LogP contribution in [0.4, 0.5) is 28.7 Å². The third kappa shape index (κ3) is 5.26. The smallest absolute Gasteiger partial charge is 0.355 e. The van der Waals surface area contributed by atoms with E-state index in [0.29, 0.717) is 5.69 Å². The molecule has 0 atom stereocenters. The van der Waals surface area contributed by atoms with Gasteiger partial charge in [0, 0.05) is 17.3 Å². The number of halogens is 1. The molecule has 0 aliphatic carbocycles. The standard InChI is InChI=1S/C18H12ClN7O7/c19-12-6-3-10(7-13(12)25(30)31)17(27)24-23-16-14(26(32)33)15(20-8-21-16)22-11-4-1-9(2-5-11)18(28)29/h1-8H,(H,24,27)(H,28,29)(H2,20,21,22,23). The van der Waals surface area contributed by atoms with Crippen molar-refractivity contribution < 1.29 is 24.5 Å². The molecule has 0 radical (unpaired) electrons. The Morgan fingerprint density at radius 3 is 2.18 bits per heavy atom. The molecule has 0 saturated heterocycles. The lowest BCUT2D eigenvalue weighted by atomic mass is 10.2. The lowest BCUT2D eigenvalue weighted by molar-refractivity contribution is -0.384. The molecule has 0 spiro atoms. The summed E-state index contributed by atoms with van der Waals surface area (Å²) in [6.07, 6.45) is 0.989. The van der Waals surface area contributed by atoms with Crippen LogP contribution in [0.3, 0.4) is 0 Å². The van der Waals surface area contributed by atoms with E-state index in [1.54, 1.807) is 0 Å². The fourth-order valence-corrected chi connectivity index (χ4v) is 2.74. The van der Waals surface area contributed by atoms with Crippen LogP contribution in [0.2, 0.25) is 5.02 Å². The molecular formula is C18H12ClN7O7. The zero-order chi connectivity index (χ0) is 24.1. The van der Waals surface area contributed by atoms with Crippen LogP contribution in [0.25, 0.3) is 0 Å². The maximum absolute atomic E-state index is 12.3. The van der Waals surface area contributed by atoms with Crippen molar-refractivity contribution in [3.8, 4) is 0 Å². The molecule has 0 bridgehead atoms. The predicted molar refractivity (Wildman–Crippen MR) is 115 cm³/mol. The quantitative estimate of drug-likeness (QED) is 0.276. The van der Waals surface area contributed by atoms with Crippen molar-refractivity contribution in [3.05, 3.63) is 85.2 Å². The summed E-state index contributed by atoms with van der Waals surface area (Å²) < 4.78 is 0. The fourth-order valence-electron chi connectivity index (χ4n) is 2.55. The molecule has 0 fully saturated rings. The van der Waals surface area contributed by atoms with Gasteiger partial charge >= 0.3 is 11.7 Å². The zero-order valence-corrected chi connectivity index (χ0v) is 16.9. The lowest BCUT2D eigenvalue weighted by Crippen LogP contribution is -2.30. The average Bonchev–Trinajstić information content (AvgIpc) is 2.77. The van der Waals surface area contributed by atoms with E-state index < -0.39 is 33.1 Å². The topological polar surface area (TPSA) is 203 Å². The van der Waals surface area contributed by atoms with E-state index in [-0.39, 0.29) is 27.8 Å². The Bertz CT molecular complexity index is 1270. The van der Waals surface area contributed by atoms with Crippen LogP contribution >= 0.6 is 11.6 Å². The number of nitro groups is 2. The van der Waals surface area contributed by atoms with Gasteiger partial charge in [-0.3, -0.25) is 35.9 Å². The van der Waals surface area contributed by atoms with Gasteiger partial charge in [0.1, 0.15) is 11.3 Å². The van der Waals surface area contributed by atoms with Gasteiger partial charge in [-0.25, -0.2) is 14.8 Å². The number of hydrogen-bond acceptors (Lipinski definition) is 10. The van der Waals surface area contributed by atoms with Gasteiger partial charge in [-0.2, -0.15) is 0 Å². The number of aromatic nitrogens is 2. The number of hydrazine groups is 1. The van der Waals surface area contributed by atoms with Crippen molar-refractivity contribution in [2.75, 3.05) is 10.7 Å². The fraction of sp³-hybridized carbons (Fsp3) is 0. The highest BCUT2D eigenvalue weighted by atomic mass is 35.5. The molecule has 14 nitrogen and oxygen atoms in total. The number of carboxylic acids is 1. The van der Waals surface area contributed by atoms with Gasteiger partial charge in [0.25, 0.3) is 11.6 Å². The van der Waals surface area contributed by atoms with E-state index in [2.05, 4.69) is 26.1 Å². The summed E-state index contributed by atoms with van der Waals surface area (Å²) >= 11 is 5.72. The third-order valence-electron chi connectivity index (χ3n) is 4.10. The van der Waals surface area contributed by atoms with Crippen LogP contribution in [0.5, 0.6) is 0 Å². The molecule has 1 amide bonds. The van der Waals surface area contributed by atoms with Crippen LogP contribution in [0.15, 0.2) is 48.8 Å². The highest BCUT2D eigenvalue weighted by Gasteiger charge is 2.24. The Hall–Kier alpha value is -4.85. The van der Waals surface area contributed by atoms with Crippen LogP contribution in [0, 0.1) is 20.2 Å². The van der Waals surface area contributed by atoms with Crippen molar-refractivity contribution in [1.82, 2.24) is 15.4 Å². The molecular weight excluding hydrogens is 462 g/mol. The molecule has 0 saturated carbocycles. The average molecular weight is 474 g/mol. The molecule has 1 aromatic heterocycles. The van der Waals surface area contributed by atoms with Crippen molar-refractivity contribution in [3.63, 3.8) is 0 Å². The van der Waals surface area contributed by atoms with E-state index in [4.69, 9.17) is 16.7 Å². The summed E-state index contributed by atoms with van der Waals surface area (Å²) in [6.45, 7) is 0. The molecule has 4 N–H and O–H groups in total. The minimum absolute atomic E-state index is 0.0187. The summed E-state index contributed by atoms with van der Waals surface area (Å²) in [5, 5.41) is 34.1. The number of hydrogen-bond donors (Lipinski definition) is 4. The second kappa shape index (κ2) is 9.52. The van der Waals surface area contributed by atoms with Gasteiger partial charge in [0.05, 0.1) is 15.4 Å². The van der Waals surface area contributed by atoms with Gasteiger partial charge in [0.2, 0.25) is 11.6 Å². The van der Waals surface area contributed by atoms with Gasteiger partial charge in [-0.15, -0.1) is 0 Å². The van der Waals surface area contributed by atoms with Crippen LogP contribution in [-0.4, -0.2) is 36.8 Å². The summed E-state index contributed by atoms with van der Waals surface area (Å²) in [5.41, 5.74) is 3.54. The number of carboxylic acid groups (broad SMARTS) is 1. The van der Waals surface area contributed by atoms with Crippen LogP contribution < -0.4 is 16.2 Å². The molecule has 33 heavy (non-hydrogen) atoms. The van der Waals surface area contributed by atoms with Crippen molar-refractivity contribution in [2.45, 2.75) is 0 Å². The maximum atomic E-state index is 12.3. The van der Waals surface area contributed by atoms with Gasteiger partial charge < -0.3 is 10.4 Å². The van der Waals surface area contributed by atoms with E-state index in [1.807, 2.05) is 0 Å². The first-order valence-electron chi connectivity index (χ1n) is 8.77. The number of anilines is 3. The van der Waals surface area contributed by atoms with Gasteiger partial charge in [-0.05, 0) is 36.4 Å². The minimum Gasteiger partial charge on any atom is -0.478 e. The second-order valence-corrected chi connectivity index (χ2v) is 6.59. The highest BCUT2D eigenvalue weighted by molar-refractivity contribution is 6.32. The van der Waals surface area contributed by atoms with Gasteiger partial charge in [0.15, 0.2) is 0 Å². The number of nitrogens with zero attached hydrogens (tertiary/aromatic N) is 4. The largest absolute Gasteiger partial charge is 0.478 e. The summed E-state index contributed by atoms with van der Waals surface area (Å²) in [4.78, 5) is 51.9. The Morgan fingerprint density at radius 2 is 1.58 bits per heavy atom. The predicted octanol–water partition coefficient (Wildman–Crippen LogP) is 3.15. The molecule has 3 rings (SSSR count). The zero-order valence-electron chi connectivity index (χ0n) is 16.2. The number of nitro benzene ring substituents is 1. The number of amides is 1. The molecule has 2 aromatic carbocycles. The molecule has 0 aliphatic heterocycles. The first kappa shape index (κ1) is 22.8. The monoisotopic (exact) mass is 473 g/mol. The first-order chi connectivity index (χ1) is 15.7. The molecule has 168 valence electrons. The maximum Gasteiger partial charge on any atom is 0.355 e. The highest BCUT2D eigenvalue weighted by Crippen LogP contribution is 2.31. The second-order valence-electron chi connectivity index (χ2n) is 6.19. The molecule has 0 unspecified atom stereocenters. The van der Waals surface area contributed by atoms with Crippen molar-refractivity contribution in [2.24, 2.45) is 0 Å². The van der Waals surface area contributed by atoms with E-state index in [1.165, 1.54) is 36.4 Å². The number of aromatic carboxylic acids is 1. The molecule has 15 heteroatoms. The number of rotatable bonds is 8. The van der Waals surface area contributed by atoms with Gasteiger partial charge in [-0.1, -0.05) is 11.6 Å². The van der Waals surface area contributed by atoms with E-state index in [0.717, 1.165) is 12.4 Å². The van der Waals surface area contributed by atoms with Crippen molar-refractivity contribution in [1.29, 1.82) is 0 Å². The number of carbonyl (C=O) groups is 2. The molecule has 1 heterocycles. The van der Waals surface area contributed by atoms with Crippen LogP contribution in [0.1, 0.15) is 20.7 Å². The lowest BCUT2D eigenvalue weighted by Gasteiger charge is -2.11. The van der Waals surface area contributed by atoms with Crippen molar-refractivity contribution >= 4 is 52.2 Å². The Morgan fingerprint density at radius 1 is 0.939 bits per heavy atom. The number of carbonyl (C=O) groups excluding carboxylic acids is 1. The summed E-state index contributed by atoms with van der Waals surface area (Å²) in [6, 6.07) is 8.70. The Labute approximate surface area is 188 Å². The molecule has 3 aromatic rings. The normalized spacial score (nSPS) is 10.2. The summed E-state index contributed by atoms with van der Waals surface area (Å²) in [5.74, 6) is -2.60. The molecule has 0 aliphatic rings. The van der Waals surface area contributed by atoms with Crippen LogP contribution in [-0.2, 0) is 0 Å². The third-order valence-corrected chi connectivity index (χ3v) is 4.42. The number of nitrogens with one attached hydrogen (secondary N) is 3. The van der Waals surface area contributed by atoms with E-state index in [9.17, 15) is 29.8 Å². The minimum atomic E-state index is -1.14. The Kier molecular flexibility index (Phi) is 6.59. The Balaban J connectivity index is 1.82.